The van der Waals surface area contributed by atoms with E-state index in [0.29, 0.717) is 0 Å². The molecule has 2 aromatic heterocycles. The minimum Gasteiger partial charge on any atom is -0.507 e. The Balaban J connectivity index is 1.89. The van der Waals surface area contributed by atoms with Crippen molar-refractivity contribution >= 4 is 32.9 Å². The van der Waals surface area contributed by atoms with Crippen LogP contribution in [0.3, 0.4) is 0 Å². The van der Waals surface area contributed by atoms with Gasteiger partial charge in [-0.05, 0) is 12.1 Å². The van der Waals surface area contributed by atoms with Crippen molar-refractivity contribution in [1.29, 1.82) is 0 Å². The van der Waals surface area contributed by atoms with E-state index in [-0.39, 0.29) is 22.5 Å². The fourth-order valence-corrected chi connectivity index (χ4v) is 5.07. The van der Waals surface area contributed by atoms with Crippen LogP contribution in [0.5, 0.6) is 5.75 Å². The fourth-order valence-electron chi connectivity index (χ4n) is 3.47. The molecule has 3 heterocycles. The first-order chi connectivity index (χ1) is 15.1. The fraction of sp³-hybridized carbons (Fsp3) is 0.294. The number of carbonyl (C=O) groups excluding carboxylic acids is 1. The van der Waals surface area contributed by atoms with Gasteiger partial charge in [0.2, 0.25) is 0 Å². The van der Waals surface area contributed by atoms with Crippen LogP contribution in [0.2, 0.25) is 0 Å². The highest BCUT2D eigenvalue weighted by atomic mass is 32.2. The molecule has 32 heavy (non-hydrogen) atoms. The van der Waals surface area contributed by atoms with Gasteiger partial charge in [-0.2, -0.15) is 0 Å². The lowest BCUT2D eigenvalue weighted by molar-refractivity contribution is -0.0847. The Kier molecular flexibility index (Phi) is 5.22. The number of amides is 1. The number of benzene rings is 1. The molecule has 0 unspecified atom stereocenters. The normalized spacial score (nSPS) is 25.8. The number of phenolic OH excluding ortho intramolecular Hbond substituents is 1. The number of nitrogens with two attached hydrogens (primary N) is 1. The summed E-state index contributed by atoms with van der Waals surface area (Å²) in [4.78, 5) is 24.3. The number of aromatic hydroxyl groups is 1. The van der Waals surface area contributed by atoms with Crippen molar-refractivity contribution in [1.82, 2.24) is 24.2 Å². The van der Waals surface area contributed by atoms with Gasteiger partial charge in [0.25, 0.3) is 15.9 Å². The molecule has 4 atom stereocenters. The van der Waals surface area contributed by atoms with Crippen LogP contribution >= 0.6 is 0 Å². The van der Waals surface area contributed by atoms with E-state index in [0.717, 1.165) is 17.2 Å². The second kappa shape index (κ2) is 7.64. The zero-order chi connectivity index (χ0) is 23.3. The number of carbonyl (C=O) groups is 1. The largest absolute Gasteiger partial charge is 0.507 e. The number of aromatic nitrogens is 4. The van der Waals surface area contributed by atoms with Gasteiger partial charge in [-0.15, -0.1) is 0 Å². The van der Waals surface area contributed by atoms with Crippen LogP contribution in [0.15, 0.2) is 36.9 Å². The summed E-state index contributed by atoms with van der Waals surface area (Å²) in [6.07, 6.45) is -3.68. The third-order valence-corrected chi connectivity index (χ3v) is 6.80. The van der Waals surface area contributed by atoms with E-state index < -0.39 is 51.7 Å². The van der Waals surface area contributed by atoms with Gasteiger partial charge in [-0.3, -0.25) is 9.36 Å². The molecule has 1 amide bonds. The number of ether oxygens (including phenoxy) is 1. The number of nitrogens with zero attached hydrogens (tertiary/aromatic N) is 4. The Morgan fingerprint density at radius 2 is 1.97 bits per heavy atom. The van der Waals surface area contributed by atoms with Crippen molar-refractivity contribution < 1.29 is 38.4 Å². The number of aliphatic hydroxyl groups is 3. The molecule has 1 aliphatic rings. The Morgan fingerprint density at radius 1 is 1.25 bits per heavy atom. The molecule has 170 valence electrons. The first-order valence-corrected chi connectivity index (χ1v) is 10.6. The molecular weight excluding hydrogens is 448 g/mol. The lowest BCUT2D eigenvalue weighted by Crippen LogP contribution is -2.56. The number of hydrogen-bond acceptors (Lipinski definition) is 12. The maximum atomic E-state index is 13.5. The Morgan fingerprint density at radius 3 is 2.62 bits per heavy atom. The van der Waals surface area contributed by atoms with E-state index in [1.807, 2.05) is 0 Å². The zero-order valence-electron chi connectivity index (χ0n) is 16.1. The highest BCUT2D eigenvalue weighted by Gasteiger charge is 2.65. The Labute approximate surface area is 180 Å². The molecule has 0 bridgehead atoms. The molecule has 7 N–H and O–H groups in total. The van der Waals surface area contributed by atoms with E-state index in [1.54, 1.807) is 4.72 Å². The summed E-state index contributed by atoms with van der Waals surface area (Å²) >= 11 is 0. The van der Waals surface area contributed by atoms with E-state index in [9.17, 15) is 33.6 Å². The van der Waals surface area contributed by atoms with Crippen LogP contribution in [-0.4, -0.2) is 79.2 Å². The average molecular weight is 466 g/mol. The molecule has 1 saturated heterocycles. The molecule has 0 aliphatic carbocycles. The number of hydrogen-bond donors (Lipinski definition) is 6. The van der Waals surface area contributed by atoms with Crippen molar-refractivity contribution in [3.63, 3.8) is 0 Å². The highest BCUT2D eigenvalue weighted by molar-refractivity contribution is 7.90. The lowest BCUT2D eigenvalue weighted by atomic mass is 10.1. The van der Waals surface area contributed by atoms with Gasteiger partial charge in [-0.25, -0.2) is 28.1 Å². The molecule has 1 fully saturated rings. The van der Waals surface area contributed by atoms with Gasteiger partial charge < -0.3 is 30.9 Å². The summed E-state index contributed by atoms with van der Waals surface area (Å²) < 4.78 is 34.9. The van der Waals surface area contributed by atoms with Crippen molar-refractivity contribution in [2.24, 2.45) is 0 Å². The van der Waals surface area contributed by atoms with Gasteiger partial charge in [-0.1, -0.05) is 12.1 Å². The molecule has 0 saturated carbocycles. The number of rotatable bonds is 5. The van der Waals surface area contributed by atoms with Crippen LogP contribution in [0, 0.1) is 0 Å². The highest BCUT2D eigenvalue weighted by Crippen LogP contribution is 2.41. The van der Waals surface area contributed by atoms with Gasteiger partial charge in [0.05, 0.1) is 12.2 Å². The minimum atomic E-state index is -5.07. The van der Waals surface area contributed by atoms with Crippen LogP contribution in [0.25, 0.3) is 11.2 Å². The molecule has 4 rings (SSSR count). The molecule has 0 radical (unpaired) electrons. The third-order valence-electron chi connectivity index (χ3n) is 5.04. The van der Waals surface area contributed by atoms with E-state index in [1.165, 1.54) is 24.3 Å². The summed E-state index contributed by atoms with van der Waals surface area (Å²) in [6, 6.07) is 5.17. The maximum Gasteiger partial charge on any atom is 0.300 e. The molecule has 1 aliphatic heterocycles. The zero-order valence-corrected chi connectivity index (χ0v) is 16.9. The predicted molar refractivity (Wildman–Crippen MR) is 106 cm³/mol. The minimum absolute atomic E-state index is 0.0353. The topological polar surface area (TPSA) is 223 Å². The SMILES string of the molecule is Nc1ncnc2c1ncn2[C@]1(S(=O)(=O)NC(=O)c2ccccc2O)O[C@H](CO)[C@@H](O)[C@H]1O. The summed E-state index contributed by atoms with van der Waals surface area (Å²) in [5.41, 5.74) is 5.14. The van der Waals surface area contributed by atoms with Crippen LogP contribution in [0.1, 0.15) is 10.4 Å². The number of nitrogen functional groups attached to an aromatic ring is 1. The Bertz CT molecular complexity index is 1300. The van der Waals surface area contributed by atoms with Gasteiger partial charge in [0, 0.05) is 0 Å². The second-order valence-electron chi connectivity index (χ2n) is 6.90. The van der Waals surface area contributed by atoms with E-state index >= 15 is 0 Å². The molecule has 3 aromatic rings. The second-order valence-corrected chi connectivity index (χ2v) is 8.70. The van der Waals surface area contributed by atoms with Gasteiger partial charge >= 0.3 is 5.06 Å². The molecule has 14 nitrogen and oxygen atoms in total. The lowest BCUT2D eigenvalue weighted by Gasteiger charge is -2.32. The van der Waals surface area contributed by atoms with Gasteiger partial charge in [0.1, 0.15) is 42.2 Å². The first kappa shape index (κ1) is 21.8. The van der Waals surface area contributed by atoms with Crippen molar-refractivity contribution in [3.05, 3.63) is 42.5 Å². The third kappa shape index (κ3) is 3.06. The summed E-state index contributed by atoms with van der Waals surface area (Å²) in [7, 11) is -5.07. The summed E-state index contributed by atoms with van der Waals surface area (Å²) in [6.45, 7) is -0.854. The van der Waals surface area contributed by atoms with Crippen molar-refractivity contribution in [2.45, 2.75) is 23.4 Å². The maximum absolute atomic E-state index is 13.5. The van der Waals surface area contributed by atoms with Crippen LogP contribution in [-0.2, 0) is 19.8 Å². The van der Waals surface area contributed by atoms with E-state index in [4.69, 9.17) is 10.5 Å². The van der Waals surface area contributed by atoms with Crippen LogP contribution in [0.4, 0.5) is 5.82 Å². The smallest absolute Gasteiger partial charge is 0.300 e. The summed E-state index contributed by atoms with van der Waals surface area (Å²) in [5, 5.41) is 37.6. The number of anilines is 1. The number of aliphatic hydroxyl groups excluding tert-OH is 3. The number of nitrogens with one attached hydrogen (secondary N) is 1. The summed E-state index contributed by atoms with van der Waals surface area (Å²) in [5.74, 6) is -1.84. The number of imidazole rings is 1. The number of para-hydroxylation sites is 1. The van der Waals surface area contributed by atoms with Crippen molar-refractivity contribution in [2.75, 3.05) is 12.3 Å². The average Bonchev–Trinajstić information content (AvgIpc) is 3.29. The molecular formula is C17H18N6O8S. The molecule has 15 heteroatoms. The molecule has 1 aromatic carbocycles. The standard InChI is InChI=1S/C17H18N6O8S/c18-14-11-15(20-6-19-14)23(7-21-11)17(13(27)12(26)10(5-24)31-17)32(29,30)22-16(28)8-3-1-2-4-9(8)25/h1-4,6-7,10,12-13,24-27H,5H2,(H,22,28)(H2,18,19,20)/t10-,12-,13-,17+/m1/s1. The first-order valence-electron chi connectivity index (χ1n) is 9.07. The number of sulfonamides is 1. The Hall–Kier alpha value is -3.37. The number of fused-ring (bicyclic) bond motifs is 1. The quantitative estimate of drug-likeness (QED) is 0.231. The van der Waals surface area contributed by atoms with Gasteiger partial charge in [0.15, 0.2) is 11.5 Å². The number of phenols is 1. The predicted octanol–water partition coefficient (Wildman–Crippen LogP) is -2.40. The van der Waals surface area contributed by atoms with E-state index in [2.05, 4.69) is 15.0 Å². The molecule has 0 spiro atoms. The van der Waals surface area contributed by atoms with Crippen LogP contribution < -0.4 is 10.5 Å². The monoisotopic (exact) mass is 466 g/mol. The van der Waals surface area contributed by atoms with Crippen molar-refractivity contribution in [3.8, 4) is 5.75 Å².